The van der Waals surface area contributed by atoms with Gasteiger partial charge in [0.15, 0.2) is 5.16 Å². The molecule has 0 saturated heterocycles. The van der Waals surface area contributed by atoms with E-state index in [0.29, 0.717) is 31.9 Å². The largest absolute Gasteiger partial charge is 0.268 e. The molecule has 0 fully saturated rings. The molecule has 1 aromatic heterocycles. The molecule has 0 spiro atoms. The Bertz CT molecular complexity index is 1470. The number of halogens is 2. The van der Waals surface area contributed by atoms with Crippen LogP contribution in [-0.2, 0) is 5.75 Å². The van der Waals surface area contributed by atoms with Crippen molar-refractivity contribution in [2.45, 2.75) is 10.9 Å². The second kappa shape index (κ2) is 8.39. The van der Waals surface area contributed by atoms with Gasteiger partial charge in [-0.2, -0.15) is 0 Å². The zero-order valence-corrected chi connectivity index (χ0v) is 18.6. The maximum absolute atomic E-state index is 13.4. The Labute approximate surface area is 193 Å². The number of aromatic nitrogens is 2. The molecule has 31 heavy (non-hydrogen) atoms. The van der Waals surface area contributed by atoms with Crippen molar-refractivity contribution in [2.24, 2.45) is 0 Å². The van der Waals surface area contributed by atoms with Gasteiger partial charge in [0.2, 0.25) is 0 Å². The molecule has 1 heterocycles. The number of thioether (sulfide) groups is 1. The van der Waals surface area contributed by atoms with E-state index in [1.807, 2.05) is 24.3 Å². The van der Waals surface area contributed by atoms with Gasteiger partial charge in [-0.25, -0.2) is 4.98 Å². The first-order valence-corrected chi connectivity index (χ1v) is 11.4. The SMILES string of the molecule is O=c1c2ccc(Cl)cc2nc(SCc2cccc3ccccc23)n1-c1ccc(Cl)cc1. The Hall–Kier alpha value is -2.79. The highest BCUT2D eigenvalue weighted by Gasteiger charge is 2.14. The van der Waals surface area contributed by atoms with E-state index in [9.17, 15) is 4.79 Å². The third-order valence-corrected chi connectivity index (χ3v) is 6.60. The van der Waals surface area contributed by atoms with E-state index in [1.165, 1.54) is 28.1 Å². The maximum atomic E-state index is 13.4. The highest BCUT2D eigenvalue weighted by Crippen LogP contribution is 2.29. The fraction of sp³-hybridized carbons (Fsp3) is 0.0400. The monoisotopic (exact) mass is 462 g/mol. The summed E-state index contributed by atoms with van der Waals surface area (Å²) in [6.07, 6.45) is 0. The van der Waals surface area contributed by atoms with Crippen LogP contribution >= 0.6 is 35.0 Å². The van der Waals surface area contributed by atoms with Gasteiger partial charge in [-0.3, -0.25) is 9.36 Å². The lowest BCUT2D eigenvalue weighted by Gasteiger charge is -2.14. The van der Waals surface area contributed by atoms with E-state index in [4.69, 9.17) is 28.2 Å². The van der Waals surface area contributed by atoms with Crippen molar-refractivity contribution in [1.82, 2.24) is 9.55 Å². The number of fused-ring (bicyclic) bond motifs is 2. The minimum absolute atomic E-state index is 0.135. The normalized spacial score (nSPS) is 11.3. The second-order valence-electron chi connectivity index (χ2n) is 7.10. The van der Waals surface area contributed by atoms with Gasteiger partial charge in [0.1, 0.15) is 0 Å². The first-order valence-electron chi connectivity index (χ1n) is 9.68. The Kier molecular flexibility index (Phi) is 5.45. The summed E-state index contributed by atoms with van der Waals surface area (Å²) in [6, 6.07) is 26.9. The molecular weight excluding hydrogens is 447 g/mol. The molecule has 0 atom stereocenters. The van der Waals surface area contributed by atoms with Crippen LogP contribution in [0.2, 0.25) is 10.0 Å². The van der Waals surface area contributed by atoms with Gasteiger partial charge in [-0.1, -0.05) is 77.4 Å². The molecule has 152 valence electrons. The molecule has 3 nitrogen and oxygen atoms in total. The van der Waals surface area contributed by atoms with E-state index in [-0.39, 0.29) is 5.56 Å². The molecule has 0 amide bonds. The fourth-order valence-corrected chi connectivity index (χ4v) is 4.92. The third-order valence-electron chi connectivity index (χ3n) is 5.12. The van der Waals surface area contributed by atoms with Crippen molar-refractivity contribution >= 4 is 56.6 Å². The highest BCUT2D eigenvalue weighted by molar-refractivity contribution is 7.98. The van der Waals surface area contributed by atoms with Gasteiger partial charge in [0, 0.05) is 15.8 Å². The number of benzene rings is 4. The maximum Gasteiger partial charge on any atom is 0.266 e. The zero-order valence-electron chi connectivity index (χ0n) is 16.3. The van der Waals surface area contributed by atoms with Crippen LogP contribution in [0.25, 0.3) is 27.4 Å². The average molecular weight is 463 g/mol. The minimum Gasteiger partial charge on any atom is -0.268 e. The number of hydrogen-bond donors (Lipinski definition) is 0. The summed E-state index contributed by atoms with van der Waals surface area (Å²) < 4.78 is 1.64. The van der Waals surface area contributed by atoms with Crippen molar-refractivity contribution in [2.75, 3.05) is 0 Å². The Morgan fingerprint density at radius 3 is 2.39 bits per heavy atom. The van der Waals surface area contributed by atoms with Gasteiger partial charge >= 0.3 is 0 Å². The summed E-state index contributed by atoms with van der Waals surface area (Å²) in [5.41, 5.74) is 2.36. The van der Waals surface area contributed by atoms with E-state index in [2.05, 4.69) is 30.3 Å². The average Bonchev–Trinajstić information content (AvgIpc) is 2.78. The topological polar surface area (TPSA) is 34.9 Å². The summed E-state index contributed by atoms with van der Waals surface area (Å²) in [5, 5.41) is 4.68. The molecule has 6 heteroatoms. The molecule has 4 aromatic carbocycles. The number of rotatable bonds is 4. The molecule has 0 bridgehead atoms. The summed E-state index contributed by atoms with van der Waals surface area (Å²) in [6.45, 7) is 0. The van der Waals surface area contributed by atoms with Crippen LogP contribution in [-0.4, -0.2) is 9.55 Å². The summed E-state index contributed by atoms with van der Waals surface area (Å²) >= 11 is 13.8. The smallest absolute Gasteiger partial charge is 0.266 e. The van der Waals surface area contributed by atoms with Crippen molar-refractivity contribution in [3.8, 4) is 5.69 Å². The fourth-order valence-electron chi connectivity index (χ4n) is 3.61. The molecule has 0 aliphatic rings. The molecule has 5 aromatic rings. The lowest BCUT2D eigenvalue weighted by Crippen LogP contribution is -2.21. The first-order chi connectivity index (χ1) is 15.1. The van der Waals surface area contributed by atoms with E-state index >= 15 is 0 Å². The first kappa shape index (κ1) is 20.1. The predicted molar refractivity (Wildman–Crippen MR) is 131 cm³/mol. The molecule has 0 aliphatic carbocycles. The Balaban J connectivity index is 1.64. The van der Waals surface area contributed by atoms with Crippen molar-refractivity contribution < 1.29 is 0 Å². The minimum atomic E-state index is -0.135. The van der Waals surface area contributed by atoms with Crippen LogP contribution in [0.3, 0.4) is 0 Å². The standard InChI is InChI=1S/C25H16Cl2N2OS/c26-18-8-11-20(12-9-18)29-24(30)22-13-10-19(27)14-23(22)28-25(29)31-15-17-6-3-5-16-4-1-2-7-21(16)17/h1-14H,15H2. The molecule has 0 saturated carbocycles. The zero-order chi connectivity index (χ0) is 21.4. The Morgan fingerprint density at radius 1 is 0.806 bits per heavy atom. The summed E-state index contributed by atoms with van der Waals surface area (Å²) in [5.74, 6) is 0.674. The second-order valence-corrected chi connectivity index (χ2v) is 8.92. The summed E-state index contributed by atoms with van der Waals surface area (Å²) in [7, 11) is 0. The lowest BCUT2D eigenvalue weighted by molar-refractivity contribution is 0.820. The van der Waals surface area contributed by atoms with E-state index in [1.54, 1.807) is 34.9 Å². The van der Waals surface area contributed by atoms with Crippen LogP contribution in [0.1, 0.15) is 5.56 Å². The van der Waals surface area contributed by atoms with Crippen molar-refractivity contribution in [3.63, 3.8) is 0 Å². The van der Waals surface area contributed by atoms with Gasteiger partial charge in [-0.15, -0.1) is 0 Å². The van der Waals surface area contributed by atoms with Crippen LogP contribution in [0.4, 0.5) is 0 Å². The van der Waals surface area contributed by atoms with Gasteiger partial charge < -0.3 is 0 Å². The lowest BCUT2D eigenvalue weighted by atomic mass is 10.1. The third kappa shape index (κ3) is 3.94. The predicted octanol–water partition coefficient (Wildman–Crippen LogP) is 7.14. The van der Waals surface area contributed by atoms with Crippen molar-refractivity contribution in [3.05, 3.63) is 111 Å². The van der Waals surface area contributed by atoms with Crippen molar-refractivity contribution in [1.29, 1.82) is 0 Å². The van der Waals surface area contributed by atoms with Crippen LogP contribution in [0, 0.1) is 0 Å². The van der Waals surface area contributed by atoms with E-state index in [0.717, 1.165) is 5.69 Å². The van der Waals surface area contributed by atoms with Crippen LogP contribution in [0.15, 0.2) is 94.9 Å². The Morgan fingerprint density at radius 2 is 1.55 bits per heavy atom. The summed E-state index contributed by atoms with van der Waals surface area (Å²) in [4.78, 5) is 18.2. The van der Waals surface area contributed by atoms with Gasteiger partial charge in [0.05, 0.1) is 16.6 Å². The van der Waals surface area contributed by atoms with Gasteiger partial charge in [0.25, 0.3) is 5.56 Å². The van der Waals surface area contributed by atoms with E-state index < -0.39 is 0 Å². The molecular formula is C25H16Cl2N2OS. The molecule has 5 rings (SSSR count). The molecule has 0 aliphatic heterocycles. The van der Waals surface area contributed by atoms with Crippen LogP contribution in [0.5, 0.6) is 0 Å². The number of nitrogens with zero attached hydrogens (tertiary/aromatic N) is 2. The molecule has 0 N–H and O–H groups in total. The molecule has 0 unspecified atom stereocenters. The van der Waals surface area contributed by atoms with Crippen LogP contribution < -0.4 is 5.56 Å². The number of hydrogen-bond acceptors (Lipinski definition) is 3. The van der Waals surface area contributed by atoms with Gasteiger partial charge in [-0.05, 0) is 58.8 Å². The highest BCUT2D eigenvalue weighted by atomic mass is 35.5. The quantitative estimate of drug-likeness (QED) is 0.210. The molecule has 0 radical (unpaired) electrons.